The minimum Gasteiger partial charge on any atom is -0.308 e. The molecule has 1 aliphatic heterocycles. The predicted molar refractivity (Wildman–Crippen MR) is 127 cm³/mol. The van der Waals surface area contributed by atoms with Gasteiger partial charge in [0.25, 0.3) is 0 Å². The van der Waals surface area contributed by atoms with E-state index in [0.29, 0.717) is 42.8 Å². The van der Waals surface area contributed by atoms with Crippen molar-refractivity contribution in [2.75, 3.05) is 18.4 Å². The lowest BCUT2D eigenvalue weighted by atomic mass is 9.97. The van der Waals surface area contributed by atoms with Crippen LogP contribution in [0, 0.1) is 12.8 Å². The van der Waals surface area contributed by atoms with Crippen LogP contribution in [-0.4, -0.2) is 41.5 Å². The first-order valence-corrected chi connectivity index (χ1v) is 12.7. The molecule has 9 heteroatoms. The van der Waals surface area contributed by atoms with Crippen molar-refractivity contribution >= 4 is 37.7 Å². The number of rotatable bonds is 6. The number of aryl methyl sites for hydroxylation is 1. The summed E-state index contributed by atoms with van der Waals surface area (Å²) in [4.78, 5) is 13.1. The van der Waals surface area contributed by atoms with Crippen LogP contribution in [0.15, 0.2) is 70.2 Å². The Kier molecular flexibility index (Phi) is 6.78. The Labute approximate surface area is 196 Å². The molecule has 7 nitrogen and oxygen atoms in total. The summed E-state index contributed by atoms with van der Waals surface area (Å²) in [5, 5.41) is 7.38. The van der Waals surface area contributed by atoms with Gasteiger partial charge in [-0.05, 0) is 53.4 Å². The number of anilines is 1. The minimum atomic E-state index is -3.53. The zero-order valence-electron chi connectivity index (χ0n) is 17.7. The summed E-state index contributed by atoms with van der Waals surface area (Å²) in [5.41, 5.74) is 2.32. The lowest BCUT2D eigenvalue weighted by Crippen LogP contribution is -2.41. The van der Waals surface area contributed by atoms with Crippen LogP contribution in [0.1, 0.15) is 24.0 Å². The molecule has 1 saturated heterocycles. The van der Waals surface area contributed by atoms with Crippen LogP contribution in [0.3, 0.4) is 0 Å². The molecule has 0 aliphatic carbocycles. The smallest absolute Gasteiger partial charge is 0.243 e. The molecule has 3 aromatic rings. The molecule has 1 aromatic heterocycles. The van der Waals surface area contributed by atoms with Crippen molar-refractivity contribution in [2.24, 2.45) is 5.92 Å². The lowest BCUT2D eigenvalue weighted by Gasteiger charge is -2.30. The van der Waals surface area contributed by atoms with Crippen LogP contribution in [0.2, 0.25) is 0 Å². The van der Waals surface area contributed by atoms with E-state index in [0.717, 1.165) is 5.56 Å². The van der Waals surface area contributed by atoms with E-state index in [4.69, 9.17) is 0 Å². The van der Waals surface area contributed by atoms with E-state index in [2.05, 4.69) is 50.6 Å². The maximum Gasteiger partial charge on any atom is 0.243 e. The molecule has 2 aromatic carbocycles. The van der Waals surface area contributed by atoms with Crippen LogP contribution in [0.5, 0.6) is 0 Å². The third-order valence-electron chi connectivity index (χ3n) is 5.63. The molecule has 0 atom stereocenters. The van der Waals surface area contributed by atoms with E-state index in [9.17, 15) is 13.2 Å². The summed E-state index contributed by atoms with van der Waals surface area (Å²) >= 11 is 3.47. The third kappa shape index (κ3) is 5.11. The van der Waals surface area contributed by atoms with Crippen molar-refractivity contribution in [2.45, 2.75) is 31.2 Å². The lowest BCUT2D eigenvalue weighted by molar-refractivity contribution is -0.120. The maximum atomic E-state index is 12.8. The van der Waals surface area contributed by atoms with Crippen LogP contribution in [0.25, 0.3) is 0 Å². The van der Waals surface area contributed by atoms with Crippen molar-refractivity contribution in [3.63, 3.8) is 0 Å². The first-order chi connectivity index (χ1) is 15.3. The second-order valence-corrected chi connectivity index (χ2v) is 10.8. The van der Waals surface area contributed by atoms with E-state index in [1.54, 1.807) is 35.0 Å². The molecule has 4 rings (SSSR count). The average Bonchev–Trinajstić information content (AvgIpc) is 3.14. The largest absolute Gasteiger partial charge is 0.308 e. The second-order valence-electron chi connectivity index (χ2n) is 7.99. The molecule has 0 saturated carbocycles. The van der Waals surface area contributed by atoms with Gasteiger partial charge >= 0.3 is 0 Å². The summed E-state index contributed by atoms with van der Waals surface area (Å²) in [6.45, 7) is 3.28. The highest BCUT2D eigenvalue weighted by Crippen LogP contribution is 2.26. The number of carbonyl (C=O) groups is 1. The molecule has 0 spiro atoms. The molecule has 1 aliphatic rings. The molecule has 1 N–H and O–H groups in total. The first kappa shape index (κ1) is 22.7. The second kappa shape index (κ2) is 9.56. The molecular formula is C23H25BrN4O3S. The summed E-state index contributed by atoms with van der Waals surface area (Å²) in [6, 6.07) is 16.6. The summed E-state index contributed by atoms with van der Waals surface area (Å²) in [7, 11) is -3.53. The molecular weight excluding hydrogens is 492 g/mol. The molecule has 1 fully saturated rings. The molecule has 1 amide bonds. The van der Waals surface area contributed by atoms with Crippen LogP contribution < -0.4 is 5.32 Å². The van der Waals surface area contributed by atoms with Gasteiger partial charge in [-0.15, -0.1) is 0 Å². The normalized spacial score (nSPS) is 15.6. The van der Waals surface area contributed by atoms with E-state index in [1.807, 2.05) is 13.1 Å². The van der Waals surface area contributed by atoms with Gasteiger partial charge in [0, 0.05) is 25.2 Å². The predicted octanol–water partition coefficient (Wildman–Crippen LogP) is 4.04. The zero-order valence-corrected chi connectivity index (χ0v) is 20.1. The van der Waals surface area contributed by atoms with Crippen molar-refractivity contribution in [1.29, 1.82) is 0 Å². The standard InChI is InChI=1S/C23H25BrN4O3S/c1-17-7-9-18(10-8-17)15-27-16-21(24)22(26-27)25-23(29)19-11-13-28(14-12-19)32(30,31)20-5-3-2-4-6-20/h2-10,16,19H,11-15H2,1H3,(H,25,26,29). The highest BCUT2D eigenvalue weighted by atomic mass is 79.9. The van der Waals surface area contributed by atoms with Crippen molar-refractivity contribution in [1.82, 2.24) is 14.1 Å². The quantitative estimate of drug-likeness (QED) is 0.535. The Bertz CT molecular complexity index is 1190. The molecule has 0 bridgehead atoms. The van der Waals surface area contributed by atoms with Crippen LogP contribution in [0.4, 0.5) is 5.82 Å². The Morgan fingerprint density at radius 1 is 1.09 bits per heavy atom. The number of hydrogen-bond donors (Lipinski definition) is 1. The van der Waals surface area contributed by atoms with Crippen molar-refractivity contribution in [3.8, 4) is 0 Å². The number of hydrogen-bond acceptors (Lipinski definition) is 4. The summed E-state index contributed by atoms with van der Waals surface area (Å²) in [6.07, 6.45) is 2.78. The number of aromatic nitrogens is 2. The third-order valence-corrected chi connectivity index (χ3v) is 8.12. The average molecular weight is 517 g/mol. The number of halogens is 1. The van der Waals surface area contributed by atoms with Gasteiger partial charge in [-0.25, -0.2) is 8.42 Å². The van der Waals surface area contributed by atoms with Crippen molar-refractivity contribution in [3.05, 3.63) is 76.4 Å². The fraction of sp³-hybridized carbons (Fsp3) is 0.304. The Morgan fingerprint density at radius 3 is 2.41 bits per heavy atom. The number of nitrogens with zero attached hydrogens (tertiary/aromatic N) is 3. The summed E-state index contributed by atoms with van der Waals surface area (Å²) < 4.78 is 29.5. The number of carbonyl (C=O) groups excluding carboxylic acids is 1. The number of benzene rings is 2. The van der Waals surface area contributed by atoms with Crippen LogP contribution >= 0.6 is 15.9 Å². The Balaban J connectivity index is 1.35. The van der Waals surface area contributed by atoms with Gasteiger partial charge in [-0.2, -0.15) is 9.40 Å². The zero-order chi connectivity index (χ0) is 22.7. The van der Waals surface area contributed by atoms with Gasteiger partial charge in [0.2, 0.25) is 15.9 Å². The van der Waals surface area contributed by atoms with Crippen LogP contribution in [-0.2, 0) is 21.4 Å². The van der Waals surface area contributed by atoms with E-state index in [-0.39, 0.29) is 16.7 Å². The molecule has 0 radical (unpaired) electrons. The number of nitrogens with one attached hydrogen (secondary N) is 1. The highest BCUT2D eigenvalue weighted by molar-refractivity contribution is 9.10. The monoisotopic (exact) mass is 516 g/mol. The molecule has 2 heterocycles. The fourth-order valence-electron chi connectivity index (χ4n) is 3.76. The topological polar surface area (TPSA) is 84.3 Å². The molecule has 32 heavy (non-hydrogen) atoms. The molecule has 168 valence electrons. The SMILES string of the molecule is Cc1ccc(Cn2cc(Br)c(NC(=O)C3CCN(S(=O)(=O)c4ccccc4)CC3)n2)cc1. The fourth-order valence-corrected chi connectivity index (χ4v) is 5.67. The minimum absolute atomic E-state index is 0.136. The van der Waals surface area contributed by atoms with Gasteiger partial charge in [0.15, 0.2) is 5.82 Å². The number of sulfonamides is 1. The van der Waals surface area contributed by atoms with Crippen molar-refractivity contribution < 1.29 is 13.2 Å². The van der Waals surface area contributed by atoms with E-state index in [1.165, 1.54) is 9.87 Å². The van der Waals surface area contributed by atoms with Gasteiger partial charge < -0.3 is 5.32 Å². The number of piperidine rings is 1. The van der Waals surface area contributed by atoms with Gasteiger partial charge in [0.05, 0.1) is 15.9 Å². The van der Waals surface area contributed by atoms with E-state index < -0.39 is 10.0 Å². The Hall–Kier alpha value is -2.49. The van der Waals surface area contributed by atoms with Gasteiger partial charge in [0.1, 0.15) is 0 Å². The maximum absolute atomic E-state index is 12.8. The highest BCUT2D eigenvalue weighted by Gasteiger charge is 2.32. The summed E-state index contributed by atoms with van der Waals surface area (Å²) in [5.74, 6) is 0.0795. The number of amides is 1. The molecule has 0 unspecified atom stereocenters. The first-order valence-electron chi connectivity index (χ1n) is 10.5. The Morgan fingerprint density at radius 2 is 1.75 bits per heavy atom. The van der Waals surface area contributed by atoms with Gasteiger partial charge in [-0.1, -0.05) is 48.0 Å². The van der Waals surface area contributed by atoms with Gasteiger partial charge in [-0.3, -0.25) is 9.48 Å². The van der Waals surface area contributed by atoms with E-state index >= 15 is 0 Å².